The van der Waals surface area contributed by atoms with E-state index in [0.717, 1.165) is 43.6 Å². The molecule has 4 aromatic rings. The van der Waals surface area contributed by atoms with Crippen molar-refractivity contribution in [2.45, 2.75) is 33.4 Å². The van der Waals surface area contributed by atoms with Crippen LogP contribution < -0.4 is 4.74 Å². The SMILES string of the molecule is Cc1noc(C)c1COc1ccc(CC(=O)N(C)Cc2nc3ccccc3s2)cc1. The molecule has 0 saturated carbocycles. The molecule has 0 aliphatic carbocycles. The Morgan fingerprint density at radius 3 is 2.60 bits per heavy atom. The molecule has 0 saturated heterocycles. The topological polar surface area (TPSA) is 68.5 Å². The van der Waals surface area contributed by atoms with Gasteiger partial charge >= 0.3 is 0 Å². The molecule has 2 heterocycles. The monoisotopic (exact) mass is 421 g/mol. The molecule has 6 nitrogen and oxygen atoms in total. The van der Waals surface area contributed by atoms with Crippen molar-refractivity contribution in [2.24, 2.45) is 0 Å². The van der Waals surface area contributed by atoms with E-state index in [1.165, 1.54) is 0 Å². The molecule has 0 radical (unpaired) electrons. The van der Waals surface area contributed by atoms with Crippen molar-refractivity contribution < 1.29 is 14.1 Å². The van der Waals surface area contributed by atoms with E-state index < -0.39 is 0 Å². The average Bonchev–Trinajstić information content (AvgIpc) is 3.29. The average molecular weight is 422 g/mol. The van der Waals surface area contributed by atoms with Gasteiger partial charge in [0.1, 0.15) is 23.1 Å². The highest BCUT2D eigenvalue weighted by Gasteiger charge is 2.13. The number of thiazole rings is 1. The predicted molar refractivity (Wildman–Crippen MR) is 117 cm³/mol. The third kappa shape index (κ3) is 4.52. The molecule has 30 heavy (non-hydrogen) atoms. The van der Waals surface area contributed by atoms with Crippen LogP contribution in [-0.2, 0) is 24.4 Å². The highest BCUT2D eigenvalue weighted by molar-refractivity contribution is 7.18. The van der Waals surface area contributed by atoms with Gasteiger partial charge < -0.3 is 14.2 Å². The maximum absolute atomic E-state index is 12.6. The molecular weight excluding hydrogens is 398 g/mol. The Morgan fingerprint density at radius 2 is 1.90 bits per heavy atom. The van der Waals surface area contributed by atoms with E-state index in [-0.39, 0.29) is 5.91 Å². The first-order valence-corrected chi connectivity index (χ1v) is 10.5. The van der Waals surface area contributed by atoms with E-state index in [4.69, 9.17) is 9.26 Å². The maximum atomic E-state index is 12.6. The lowest BCUT2D eigenvalue weighted by Gasteiger charge is -2.15. The minimum absolute atomic E-state index is 0.0543. The highest BCUT2D eigenvalue weighted by atomic mass is 32.1. The lowest BCUT2D eigenvalue weighted by Crippen LogP contribution is -2.27. The Hall–Kier alpha value is -3.19. The van der Waals surface area contributed by atoms with Crippen molar-refractivity contribution in [1.82, 2.24) is 15.0 Å². The lowest BCUT2D eigenvalue weighted by molar-refractivity contribution is -0.129. The summed E-state index contributed by atoms with van der Waals surface area (Å²) in [7, 11) is 1.81. The Labute approximate surface area is 179 Å². The van der Waals surface area contributed by atoms with Gasteiger partial charge in [0.25, 0.3) is 0 Å². The zero-order chi connectivity index (χ0) is 21.1. The number of amides is 1. The van der Waals surface area contributed by atoms with Crippen molar-refractivity contribution in [3.63, 3.8) is 0 Å². The molecule has 0 atom stereocenters. The molecule has 0 aliphatic rings. The van der Waals surface area contributed by atoms with Crippen LogP contribution in [0.1, 0.15) is 27.6 Å². The lowest BCUT2D eigenvalue weighted by atomic mass is 10.1. The number of rotatable bonds is 7. The molecule has 154 valence electrons. The fourth-order valence-electron chi connectivity index (χ4n) is 3.16. The third-order valence-corrected chi connectivity index (χ3v) is 6.00. The summed E-state index contributed by atoms with van der Waals surface area (Å²) in [5, 5.41) is 4.87. The predicted octanol–water partition coefficient (Wildman–Crippen LogP) is 4.68. The van der Waals surface area contributed by atoms with E-state index in [9.17, 15) is 4.79 Å². The molecule has 0 spiro atoms. The number of benzene rings is 2. The Morgan fingerprint density at radius 1 is 1.13 bits per heavy atom. The zero-order valence-electron chi connectivity index (χ0n) is 17.2. The summed E-state index contributed by atoms with van der Waals surface area (Å²) in [5.74, 6) is 1.57. The smallest absolute Gasteiger partial charge is 0.227 e. The van der Waals surface area contributed by atoms with Gasteiger partial charge in [0.2, 0.25) is 5.91 Å². The summed E-state index contributed by atoms with van der Waals surface area (Å²) in [6.45, 7) is 4.69. The minimum Gasteiger partial charge on any atom is -0.489 e. The van der Waals surface area contributed by atoms with Gasteiger partial charge in [0, 0.05) is 7.05 Å². The molecule has 0 N–H and O–H groups in total. The molecular formula is C23H23N3O3S. The normalized spacial score (nSPS) is 11.0. The standard InChI is InChI=1S/C23H23N3O3S/c1-15-19(16(2)29-25-15)14-28-18-10-8-17(9-11-18)12-23(27)26(3)13-22-24-20-6-4-5-7-21(20)30-22/h4-11H,12-14H2,1-3H3. The van der Waals surface area contributed by atoms with Crippen molar-refractivity contribution >= 4 is 27.5 Å². The number of hydrogen-bond acceptors (Lipinski definition) is 6. The Balaban J connectivity index is 1.32. The summed E-state index contributed by atoms with van der Waals surface area (Å²) in [5.41, 5.74) is 3.72. The number of aromatic nitrogens is 2. The van der Waals surface area contributed by atoms with Gasteiger partial charge in [-0.3, -0.25) is 4.79 Å². The molecule has 7 heteroatoms. The van der Waals surface area contributed by atoms with Gasteiger partial charge in [0.15, 0.2) is 0 Å². The first-order chi connectivity index (χ1) is 14.5. The summed E-state index contributed by atoms with van der Waals surface area (Å²) in [6.07, 6.45) is 0.339. The molecule has 2 aromatic heterocycles. The molecule has 1 amide bonds. The van der Waals surface area contributed by atoms with Crippen LogP contribution in [0.5, 0.6) is 5.75 Å². The number of carbonyl (C=O) groups is 1. The summed E-state index contributed by atoms with van der Waals surface area (Å²) in [6, 6.07) is 15.6. The van der Waals surface area contributed by atoms with Crippen molar-refractivity contribution in [3.05, 3.63) is 76.1 Å². The second-order valence-electron chi connectivity index (χ2n) is 7.24. The number of ether oxygens (including phenoxy) is 1. The van der Waals surface area contributed by atoms with E-state index in [2.05, 4.69) is 10.1 Å². The number of carbonyl (C=O) groups excluding carboxylic acids is 1. The van der Waals surface area contributed by atoms with E-state index in [1.807, 2.05) is 69.4 Å². The Kier molecular flexibility index (Phi) is 5.81. The zero-order valence-corrected chi connectivity index (χ0v) is 18.0. The second-order valence-corrected chi connectivity index (χ2v) is 8.35. The van der Waals surface area contributed by atoms with Crippen LogP contribution in [0.25, 0.3) is 10.2 Å². The van der Waals surface area contributed by atoms with Gasteiger partial charge in [-0.2, -0.15) is 0 Å². The number of likely N-dealkylation sites (N-methyl/N-ethyl adjacent to an activating group) is 1. The molecule has 0 bridgehead atoms. The molecule has 0 unspecified atom stereocenters. The molecule has 2 aromatic carbocycles. The second kappa shape index (κ2) is 8.67. The van der Waals surface area contributed by atoms with E-state index >= 15 is 0 Å². The number of fused-ring (bicyclic) bond motifs is 1. The quantitative estimate of drug-likeness (QED) is 0.433. The summed E-state index contributed by atoms with van der Waals surface area (Å²) in [4.78, 5) is 19.0. The van der Waals surface area contributed by atoms with Crippen LogP contribution in [0.15, 0.2) is 53.1 Å². The van der Waals surface area contributed by atoms with Crippen molar-refractivity contribution in [3.8, 4) is 5.75 Å². The van der Waals surface area contributed by atoms with Gasteiger partial charge in [-0.05, 0) is 43.7 Å². The van der Waals surface area contributed by atoms with Gasteiger partial charge in [-0.1, -0.05) is 29.4 Å². The highest BCUT2D eigenvalue weighted by Crippen LogP contribution is 2.23. The minimum atomic E-state index is 0.0543. The van der Waals surface area contributed by atoms with E-state index in [0.29, 0.717) is 19.6 Å². The molecule has 0 fully saturated rings. The van der Waals surface area contributed by atoms with Gasteiger partial charge in [-0.25, -0.2) is 4.98 Å². The Bertz CT molecular complexity index is 1110. The van der Waals surface area contributed by atoms with Gasteiger partial charge in [-0.15, -0.1) is 11.3 Å². The number of hydrogen-bond donors (Lipinski definition) is 0. The molecule has 0 aliphatic heterocycles. The van der Waals surface area contributed by atoms with Gasteiger partial charge in [0.05, 0.1) is 34.4 Å². The van der Waals surface area contributed by atoms with Crippen LogP contribution >= 0.6 is 11.3 Å². The first-order valence-electron chi connectivity index (χ1n) is 9.71. The van der Waals surface area contributed by atoms with Crippen LogP contribution in [0.3, 0.4) is 0 Å². The number of para-hydroxylation sites is 1. The molecule has 4 rings (SSSR count). The fourth-order valence-corrected chi connectivity index (χ4v) is 4.18. The fraction of sp³-hybridized carbons (Fsp3) is 0.261. The van der Waals surface area contributed by atoms with Crippen LogP contribution in [-0.4, -0.2) is 28.0 Å². The van der Waals surface area contributed by atoms with Crippen molar-refractivity contribution in [1.29, 1.82) is 0 Å². The van der Waals surface area contributed by atoms with Crippen molar-refractivity contribution in [2.75, 3.05) is 7.05 Å². The number of aryl methyl sites for hydroxylation is 2. The summed E-state index contributed by atoms with van der Waals surface area (Å²) < 4.78 is 12.1. The first kappa shape index (κ1) is 20.1. The van der Waals surface area contributed by atoms with Crippen LogP contribution in [0.4, 0.5) is 0 Å². The van der Waals surface area contributed by atoms with E-state index in [1.54, 1.807) is 16.2 Å². The number of nitrogens with zero attached hydrogens (tertiary/aromatic N) is 3. The third-order valence-electron chi connectivity index (χ3n) is 4.98. The summed E-state index contributed by atoms with van der Waals surface area (Å²) >= 11 is 1.62. The maximum Gasteiger partial charge on any atom is 0.227 e. The van der Waals surface area contributed by atoms with Crippen LogP contribution in [0, 0.1) is 13.8 Å². The van der Waals surface area contributed by atoms with Crippen LogP contribution in [0.2, 0.25) is 0 Å². The largest absolute Gasteiger partial charge is 0.489 e.